The van der Waals surface area contributed by atoms with Crippen LogP contribution in [0.15, 0.2) is 40.3 Å². The molecule has 1 heterocycles. The Kier molecular flexibility index (Phi) is 3.78. The number of nitrogen functional groups attached to an aromatic ring is 1. The molecule has 0 saturated heterocycles. The number of nitrogens with two attached hydrogens (primary N) is 1. The Morgan fingerprint density at radius 2 is 1.94 bits per heavy atom. The van der Waals surface area contributed by atoms with Crippen LogP contribution < -0.4 is 11.3 Å². The number of halogens is 2. The van der Waals surface area contributed by atoms with Crippen molar-refractivity contribution in [1.29, 1.82) is 0 Å². The van der Waals surface area contributed by atoms with Gasteiger partial charge in [-0.25, -0.2) is 19.6 Å². The Morgan fingerprint density at radius 1 is 1.22 bits per heavy atom. The van der Waals surface area contributed by atoms with E-state index in [1.807, 2.05) is 31.2 Å². The van der Waals surface area contributed by atoms with Crippen LogP contribution >= 0.6 is 11.8 Å². The second-order valence-corrected chi connectivity index (χ2v) is 4.65. The summed E-state index contributed by atoms with van der Waals surface area (Å²) in [4.78, 5) is 4.66. The van der Waals surface area contributed by atoms with Gasteiger partial charge in [0.15, 0.2) is 17.5 Å². The highest BCUT2D eigenvalue weighted by atomic mass is 32.2. The van der Waals surface area contributed by atoms with Crippen LogP contribution in [-0.4, -0.2) is 4.98 Å². The summed E-state index contributed by atoms with van der Waals surface area (Å²) in [6.07, 6.45) is 0. The molecule has 0 atom stereocenters. The summed E-state index contributed by atoms with van der Waals surface area (Å²) in [6, 6.07) is 8.26. The predicted molar refractivity (Wildman–Crippen MR) is 67.3 cm³/mol. The molecule has 0 aliphatic carbocycles. The predicted octanol–water partition coefficient (Wildman–Crippen LogP) is 3.11. The number of hydrazine groups is 1. The lowest BCUT2D eigenvalue weighted by Crippen LogP contribution is -2.11. The molecule has 0 spiro atoms. The Labute approximate surface area is 107 Å². The molecule has 1 aromatic heterocycles. The van der Waals surface area contributed by atoms with Gasteiger partial charge in [0, 0.05) is 11.0 Å². The van der Waals surface area contributed by atoms with Crippen molar-refractivity contribution in [3.63, 3.8) is 0 Å². The zero-order chi connectivity index (χ0) is 13.1. The molecular formula is C12H11F2N3S. The maximum absolute atomic E-state index is 13.6. The quantitative estimate of drug-likeness (QED) is 0.662. The lowest BCUT2D eigenvalue weighted by molar-refractivity contribution is 0.551. The third kappa shape index (κ3) is 2.60. The standard InChI is InChI=1S/C12H11F2N3S/c1-7-4-2-3-5-10(7)18-12-9(14)6-8(13)11(16-12)17-15/h2-6H,15H2,1H3,(H,16,17). The number of hydrogen-bond donors (Lipinski definition) is 2. The van der Waals surface area contributed by atoms with E-state index in [9.17, 15) is 8.78 Å². The number of benzene rings is 1. The van der Waals surface area contributed by atoms with Crippen LogP contribution in [0.3, 0.4) is 0 Å². The fourth-order valence-electron chi connectivity index (χ4n) is 1.40. The van der Waals surface area contributed by atoms with E-state index in [1.54, 1.807) is 0 Å². The van der Waals surface area contributed by atoms with Crippen LogP contribution in [0, 0.1) is 18.6 Å². The Morgan fingerprint density at radius 3 is 2.61 bits per heavy atom. The van der Waals surface area contributed by atoms with E-state index >= 15 is 0 Å². The number of hydrogen-bond acceptors (Lipinski definition) is 4. The SMILES string of the molecule is Cc1ccccc1Sc1nc(NN)c(F)cc1F. The van der Waals surface area contributed by atoms with Crippen molar-refractivity contribution in [2.24, 2.45) is 5.84 Å². The summed E-state index contributed by atoms with van der Waals surface area (Å²) in [5.41, 5.74) is 3.09. The summed E-state index contributed by atoms with van der Waals surface area (Å²) in [6.45, 7) is 1.91. The normalized spacial score (nSPS) is 10.4. The highest BCUT2D eigenvalue weighted by molar-refractivity contribution is 7.99. The van der Waals surface area contributed by atoms with E-state index < -0.39 is 11.6 Å². The number of aromatic nitrogens is 1. The minimum atomic E-state index is -0.816. The number of anilines is 1. The molecule has 0 fully saturated rings. The average molecular weight is 267 g/mol. The monoisotopic (exact) mass is 267 g/mol. The van der Waals surface area contributed by atoms with Crippen LogP contribution in [-0.2, 0) is 0 Å². The van der Waals surface area contributed by atoms with Gasteiger partial charge in [-0.05, 0) is 18.6 Å². The van der Waals surface area contributed by atoms with Gasteiger partial charge in [0.05, 0.1) is 0 Å². The smallest absolute Gasteiger partial charge is 0.177 e. The van der Waals surface area contributed by atoms with Crippen molar-refractivity contribution < 1.29 is 8.78 Å². The van der Waals surface area contributed by atoms with Gasteiger partial charge in [0.1, 0.15) is 5.03 Å². The average Bonchev–Trinajstić information content (AvgIpc) is 2.35. The Bertz CT molecular complexity index is 575. The van der Waals surface area contributed by atoms with E-state index in [4.69, 9.17) is 5.84 Å². The molecule has 0 aliphatic heterocycles. The first-order valence-electron chi connectivity index (χ1n) is 5.18. The molecule has 3 N–H and O–H groups in total. The van der Waals surface area contributed by atoms with Gasteiger partial charge in [0.2, 0.25) is 0 Å². The fraction of sp³-hybridized carbons (Fsp3) is 0.0833. The molecule has 2 rings (SSSR count). The van der Waals surface area contributed by atoms with E-state index in [0.717, 1.165) is 28.3 Å². The first kappa shape index (κ1) is 12.8. The maximum Gasteiger partial charge on any atom is 0.177 e. The molecule has 0 aliphatic rings. The number of rotatable bonds is 3. The molecule has 94 valence electrons. The highest BCUT2D eigenvalue weighted by Crippen LogP contribution is 2.31. The van der Waals surface area contributed by atoms with E-state index in [2.05, 4.69) is 10.4 Å². The maximum atomic E-state index is 13.6. The van der Waals surface area contributed by atoms with Crippen LogP contribution in [0.4, 0.5) is 14.6 Å². The molecule has 6 heteroatoms. The minimum absolute atomic E-state index is 0.0821. The van der Waals surface area contributed by atoms with E-state index in [0.29, 0.717) is 0 Å². The van der Waals surface area contributed by atoms with Crippen molar-refractivity contribution in [3.8, 4) is 0 Å². The lowest BCUT2D eigenvalue weighted by Gasteiger charge is -2.08. The number of nitrogens with zero attached hydrogens (tertiary/aromatic N) is 1. The largest absolute Gasteiger partial charge is 0.306 e. The molecule has 0 radical (unpaired) electrons. The molecule has 1 aromatic carbocycles. The highest BCUT2D eigenvalue weighted by Gasteiger charge is 2.13. The lowest BCUT2D eigenvalue weighted by atomic mass is 10.2. The summed E-state index contributed by atoms with van der Waals surface area (Å²) >= 11 is 1.13. The van der Waals surface area contributed by atoms with Gasteiger partial charge in [-0.2, -0.15) is 0 Å². The first-order valence-corrected chi connectivity index (χ1v) is 5.99. The van der Waals surface area contributed by atoms with Crippen LogP contribution in [0.2, 0.25) is 0 Å². The van der Waals surface area contributed by atoms with Gasteiger partial charge in [-0.15, -0.1) is 0 Å². The Balaban J connectivity index is 2.38. The van der Waals surface area contributed by atoms with E-state index in [1.165, 1.54) is 0 Å². The van der Waals surface area contributed by atoms with Crippen molar-refractivity contribution in [1.82, 2.24) is 4.98 Å². The fourth-order valence-corrected chi connectivity index (χ4v) is 2.27. The molecule has 3 nitrogen and oxygen atoms in total. The van der Waals surface area contributed by atoms with Crippen molar-refractivity contribution in [3.05, 3.63) is 47.5 Å². The summed E-state index contributed by atoms with van der Waals surface area (Å²) in [5.74, 6) is 3.41. The zero-order valence-corrected chi connectivity index (χ0v) is 10.4. The summed E-state index contributed by atoms with van der Waals surface area (Å²) in [7, 11) is 0. The summed E-state index contributed by atoms with van der Waals surface area (Å²) in [5, 5.41) is 0.0821. The van der Waals surface area contributed by atoms with Gasteiger partial charge in [-0.3, -0.25) is 0 Å². The van der Waals surface area contributed by atoms with Crippen LogP contribution in [0.1, 0.15) is 5.56 Å². The summed E-state index contributed by atoms with van der Waals surface area (Å²) < 4.78 is 26.8. The number of nitrogens with one attached hydrogen (secondary N) is 1. The number of aryl methyl sites for hydroxylation is 1. The van der Waals surface area contributed by atoms with Crippen molar-refractivity contribution in [2.45, 2.75) is 16.8 Å². The zero-order valence-electron chi connectivity index (χ0n) is 9.58. The van der Waals surface area contributed by atoms with Gasteiger partial charge in [-0.1, -0.05) is 30.0 Å². The minimum Gasteiger partial charge on any atom is -0.306 e. The van der Waals surface area contributed by atoms with Gasteiger partial charge < -0.3 is 5.43 Å². The topological polar surface area (TPSA) is 50.9 Å². The first-order chi connectivity index (χ1) is 8.61. The molecule has 0 saturated carbocycles. The Hall–Kier alpha value is -1.66. The van der Waals surface area contributed by atoms with Crippen LogP contribution in [0.5, 0.6) is 0 Å². The molecular weight excluding hydrogens is 256 g/mol. The molecule has 0 bridgehead atoms. The molecule has 2 aromatic rings. The third-order valence-corrected chi connectivity index (χ3v) is 3.49. The van der Waals surface area contributed by atoms with Gasteiger partial charge in [0.25, 0.3) is 0 Å². The van der Waals surface area contributed by atoms with E-state index in [-0.39, 0.29) is 10.8 Å². The molecule has 18 heavy (non-hydrogen) atoms. The second kappa shape index (κ2) is 5.32. The molecule has 0 amide bonds. The third-order valence-electron chi connectivity index (χ3n) is 2.33. The molecule has 0 unspecified atom stereocenters. The van der Waals surface area contributed by atoms with Gasteiger partial charge >= 0.3 is 0 Å². The number of pyridine rings is 1. The van der Waals surface area contributed by atoms with Crippen molar-refractivity contribution in [2.75, 3.05) is 5.43 Å². The second-order valence-electron chi connectivity index (χ2n) is 3.62. The van der Waals surface area contributed by atoms with Crippen molar-refractivity contribution >= 4 is 17.6 Å². The van der Waals surface area contributed by atoms with Crippen LogP contribution in [0.25, 0.3) is 0 Å².